The Kier molecular flexibility index (Phi) is 5.61. The first-order valence-electron chi connectivity index (χ1n) is 7.16. The van der Waals surface area contributed by atoms with Crippen molar-refractivity contribution in [2.45, 2.75) is 18.7 Å². The van der Waals surface area contributed by atoms with E-state index in [4.69, 9.17) is 13.7 Å². The molecule has 0 heterocycles. The molecule has 0 unspecified atom stereocenters. The number of hydrogen-bond acceptors (Lipinski definition) is 5. The zero-order valence-electron chi connectivity index (χ0n) is 13.1. The van der Waals surface area contributed by atoms with Crippen molar-refractivity contribution in [3.63, 3.8) is 0 Å². The topological polar surface area (TPSA) is 61.8 Å². The highest BCUT2D eigenvalue weighted by atomic mass is 32.2. The Balaban J connectivity index is 2.36. The maximum Gasteiger partial charge on any atom is 0.339 e. The van der Waals surface area contributed by atoms with Gasteiger partial charge < -0.3 is 13.7 Å². The molecule has 0 radical (unpaired) electrons. The van der Waals surface area contributed by atoms with Crippen LogP contribution in [0, 0.1) is 11.6 Å². The summed E-state index contributed by atoms with van der Waals surface area (Å²) in [5.74, 6) is -1.94. The molecule has 0 bridgehead atoms. The molecule has 0 fully saturated rings. The molecule has 0 saturated carbocycles. The van der Waals surface area contributed by atoms with Crippen LogP contribution in [0.1, 0.15) is 13.8 Å². The third-order valence-electron chi connectivity index (χ3n) is 2.90. The lowest BCUT2D eigenvalue weighted by Crippen LogP contribution is -2.11. The van der Waals surface area contributed by atoms with Crippen molar-refractivity contribution in [2.75, 3.05) is 13.2 Å². The van der Waals surface area contributed by atoms with E-state index in [1.165, 1.54) is 18.2 Å². The number of halogens is 2. The van der Waals surface area contributed by atoms with Crippen LogP contribution >= 0.6 is 0 Å². The summed E-state index contributed by atoms with van der Waals surface area (Å²) in [6.07, 6.45) is 0. The SMILES string of the molecule is CCOc1ccc(S(=O)(=O)Oc2ccc(F)cc2F)cc1OCC. The van der Waals surface area contributed by atoms with Gasteiger partial charge in [-0.15, -0.1) is 0 Å². The monoisotopic (exact) mass is 358 g/mol. The molecule has 0 amide bonds. The second-order valence-electron chi connectivity index (χ2n) is 4.59. The van der Waals surface area contributed by atoms with Gasteiger partial charge in [-0.05, 0) is 38.1 Å². The number of benzene rings is 2. The van der Waals surface area contributed by atoms with E-state index < -0.39 is 27.5 Å². The van der Waals surface area contributed by atoms with Gasteiger partial charge in [-0.1, -0.05) is 0 Å². The molecule has 2 aromatic carbocycles. The normalized spacial score (nSPS) is 11.2. The molecule has 0 saturated heterocycles. The molecule has 0 aliphatic heterocycles. The molecule has 0 aromatic heterocycles. The smallest absolute Gasteiger partial charge is 0.339 e. The van der Waals surface area contributed by atoms with Crippen molar-refractivity contribution in [1.82, 2.24) is 0 Å². The van der Waals surface area contributed by atoms with Crippen LogP contribution in [-0.4, -0.2) is 21.6 Å². The molecule has 2 aromatic rings. The molecular formula is C16H16F2O5S. The summed E-state index contributed by atoms with van der Waals surface area (Å²) in [4.78, 5) is -0.238. The standard InChI is InChI=1S/C16H16F2O5S/c1-3-21-15-8-6-12(10-16(15)22-4-2)24(19,20)23-14-7-5-11(17)9-13(14)18/h5-10H,3-4H2,1-2H3. The molecule has 5 nitrogen and oxygen atoms in total. The van der Waals surface area contributed by atoms with Gasteiger partial charge >= 0.3 is 10.1 Å². The minimum Gasteiger partial charge on any atom is -0.490 e. The summed E-state index contributed by atoms with van der Waals surface area (Å²) < 4.78 is 66.5. The van der Waals surface area contributed by atoms with Gasteiger partial charge in [-0.2, -0.15) is 8.42 Å². The Bertz CT molecular complexity index is 821. The van der Waals surface area contributed by atoms with E-state index in [1.807, 2.05) is 0 Å². The Morgan fingerprint density at radius 2 is 1.50 bits per heavy atom. The van der Waals surface area contributed by atoms with E-state index >= 15 is 0 Å². The molecular weight excluding hydrogens is 342 g/mol. The Hall–Kier alpha value is -2.35. The zero-order chi connectivity index (χ0) is 17.7. The van der Waals surface area contributed by atoms with Crippen molar-refractivity contribution in [3.8, 4) is 17.2 Å². The van der Waals surface area contributed by atoms with Crippen molar-refractivity contribution >= 4 is 10.1 Å². The largest absolute Gasteiger partial charge is 0.490 e. The molecule has 0 aliphatic rings. The van der Waals surface area contributed by atoms with E-state index in [2.05, 4.69) is 0 Å². The maximum atomic E-state index is 13.6. The second-order valence-corrected chi connectivity index (χ2v) is 6.13. The minimum absolute atomic E-state index is 0.226. The molecule has 0 spiro atoms. The fourth-order valence-corrected chi connectivity index (χ4v) is 2.85. The first-order chi connectivity index (χ1) is 11.4. The highest BCUT2D eigenvalue weighted by Gasteiger charge is 2.21. The van der Waals surface area contributed by atoms with E-state index in [0.717, 1.165) is 12.1 Å². The van der Waals surface area contributed by atoms with Gasteiger partial charge in [0.1, 0.15) is 10.7 Å². The highest BCUT2D eigenvalue weighted by Crippen LogP contribution is 2.31. The molecule has 0 atom stereocenters. The van der Waals surface area contributed by atoms with Crippen LogP contribution in [0.15, 0.2) is 41.3 Å². The number of rotatable bonds is 7. The summed E-state index contributed by atoms with van der Waals surface area (Å²) >= 11 is 0. The van der Waals surface area contributed by atoms with Crippen molar-refractivity contribution in [3.05, 3.63) is 48.0 Å². The van der Waals surface area contributed by atoms with Crippen molar-refractivity contribution in [2.24, 2.45) is 0 Å². The zero-order valence-corrected chi connectivity index (χ0v) is 13.9. The first-order valence-corrected chi connectivity index (χ1v) is 8.57. The van der Waals surface area contributed by atoms with Crippen LogP contribution in [0.25, 0.3) is 0 Å². The lowest BCUT2D eigenvalue weighted by Gasteiger charge is -2.13. The Morgan fingerprint density at radius 3 is 2.12 bits per heavy atom. The molecule has 0 aliphatic carbocycles. The van der Waals surface area contributed by atoms with Gasteiger partial charge in [0, 0.05) is 12.1 Å². The first kappa shape index (κ1) is 18.0. The lowest BCUT2D eigenvalue weighted by molar-refractivity contribution is 0.287. The fraction of sp³-hybridized carbons (Fsp3) is 0.250. The highest BCUT2D eigenvalue weighted by molar-refractivity contribution is 7.87. The summed E-state index contributed by atoms with van der Waals surface area (Å²) in [6.45, 7) is 4.20. The fourth-order valence-electron chi connectivity index (χ4n) is 1.90. The van der Waals surface area contributed by atoms with Crippen LogP contribution < -0.4 is 13.7 Å². The van der Waals surface area contributed by atoms with Crippen molar-refractivity contribution < 1.29 is 30.9 Å². The van der Waals surface area contributed by atoms with Gasteiger partial charge in [0.2, 0.25) is 0 Å². The van der Waals surface area contributed by atoms with E-state index in [1.54, 1.807) is 13.8 Å². The predicted octanol–water partition coefficient (Wildman–Crippen LogP) is 3.53. The number of ether oxygens (including phenoxy) is 2. The summed E-state index contributed by atoms with van der Waals surface area (Å²) in [5.41, 5.74) is 0. The number of hydrogen-bond donors (Lipinski definition) is 0. The molecule has 130 valence electrons. The summed E-state index contributed by atoms with van der Waals surface area (Å²) in [5, 5.41) is 0. The Morgan fingerprint density at radius 1 is 0.875 bits per heavy atom. The van der Waals surface area contributed by atoms with E-state index in [-0.39, 0.29) is 10.6 Å². The van der Waals surface area contributed by atoms with Gasteiger partial charge in [0.15, 0.2) is 23.1 Å². The third kappa shape index (κ3) is 4.14. The predicted molar refractivity (Wildman–Crippen MR) is 83.0 cm³/mol. The summed E-state index contributed by atoms with van der Waals surface area (Å²) in [7, 11) is -4.32. The quantitative estimate of drug-likeness (QED) is 0.709. The van der Waals surface area contributed by atoms with Gasteiger partial charge in [-0.25, -0.2) is 8.78 Å². The minimum atomic E-state index is -4.32. The summed E-state index contributed by atoms with van der Waals surface area (Å²) in [6, 6.07) is 6.24. The van der Waals surface area contributed by atoms with Gasteiger partial charge in [-0.3, -0.25) is 0 Å². The third-order valence-corrected chi connectivity index (χ3v) is 4.13. The van der Waals surface area contributed by atoms with Crippen molar-refractivity contribution in [1.29, 1.82) is 0 Å². The molecule has 0 N–H and O–H groups in total. The van der Waals surface area contributed by atoms with E-state index in [9.17, 15) is 17.2 Å². The van der Waals surface area contributed by atoms with Crippen LogP contribution in [0.4, 0.5) is 8.78 Å². The van der Waals surface area contributed by atoms with Crippen LogP contribution in [0.2, 0.25) is 0 Å². The van der Waals surface area contributed by atoms with Gasteiger partial charge in [0.25, 0.3) is 0 Å². The maximum absolute atomic E-state index is 13.6. The molecule has 8 heteroatoms. The van der Waals surface area contributed by atoms with Crippen LogP contribution in [0.5, 0.6) is 17.2 Å². The van der Waals surface area contributed by atoms with Crippen LogP contribution in [-0.2, 0) is 10.1 Å². The Labute approximate surface area is 138 Å². The van der Waals surface area contributed by atoms with E-state index in [0.29, 0.717) is 25.0 Å². The molecule has 2 rings (SSSR count). The lowest BCUT2D eigenvalue weighted by atomic mass is 10.3. The average molecular weight is 358 g/mol. The molecule has 24 heavy (non-hydrogen) atoms. The second kappa shape index (κ2) is 7.48. The van der Waals surface area contributed by atoms with Crippen LogP contribution in [0.3, 0.4) is 0 Å². The van der Waals surface area contributed by atoms with Gasteiger partial charge in [0.05, 0.1) is 13.2 Å². The average Bonchev–Trinajstić information content (AvgIpc) is 2.52.